The van der Waals surface area contributed by atoms with Gasteiger partial charge in [-0.15, -0.1) is 0 Å². The zero-order valence-corrected chi connectivity index (χ0v) is 12.1. The van der Waals surface area contributed by atoms with Gasteiger partial charge in [0, 0.05) is 0 Å². The second kappa shape index (κ2) is 5.09. The molecule has 0 heterocycles. The van der Waals surface area contributed by atoms with Crippen LogP contribution in [-0.2, 0) is 13.2 Å². The summed E-state index contributed by atoms with van der Waals surface area (Å²) in [5.74, 6) is 0. The van der Waals surface area contributed by atoms with Crippen LogP contribution in [0.15, 0.2) is 60.7 Å². The van der Waals surface area contributed by atoms with E-state index in [2.05, 4.69) is 36.4 Å². The van der Waals surface area contributed by atoms with Gasteiger partial charge in [-0.05, 0) is 43.4 Å². The van der Waals surface area contributed by atoms with Gasteiger partial charge in [0.05, 0.1) is 13.2 Å². The molecule has 0 aliphatic rings. The maximum absolute atomic E-state index is 9.71. The maximum Gasteiger partial charge on any atom is 0.0688 e. The fourth-order valence-corrected chi connectivity index (χ4v) is 3.35. The van der Waals surface area contributed by atoms with E-state index in [0.29, 0.717) is 0 Å². The predicted octanol–water partition coefficient (Wildman–Crippen LogP) is 4.13. The van der Waals surface area contributed by atoms with Gasteiger partial charge in [0.1, 0.15) is 0 Å². The molecule has 0 bridgehead atoms. The van der Waals surface area contributed by atoms with Crippen LogP contribution in [0, 0.1) is 0 Å². The minimum atomic E-state index is -0.00580. The molecule has 0 aromatic heterocycles. The lowest BCUT2D eigenvalue weighted by Crippen LogP contribution is -1.93. The highest BCUT2D eigenvalue weighted by atomic mass is 16.3. The van der Waals surface area contributed by atoms with Gasteiger partial charge in [0.2, 0.25) is 0 Å². The molecule has 4 rings (SSSR count). The first-order chi connectivity index (χ1) is 10.8. The largest absolute Gasteiger partial charge is 0.392 e. The highest BCUT2D eigenvalue weighted by Gasteiger charge is 2.10. The smallest absolute Gasteiger partial charge is 0.0688 e. The van der Waals surface area contributed by atoms with Crippen LogP contribution in [0.1, 0.15) is 11.1 Å². The lowest BCUT2D eigenvalue weighted by atomic mass is 9.92. The molecule has 108 valence electrons. The Morgan fingerprint density at radius 2 is 1.23 bits per heavy atom. The van der Waals surface area contributed by atoms with E-state index in [1.54, 1.807) is 0 Å². The van der Waals surface area contributed by atoms with Crippen molar-refractivity contribution < 1.29 is 10.2 Å². The Kier molecular flexibility index (Phi) is 3.07. The zero-order valence-electron chi connectivity index (χ0n) is 12.1. The molecule has 0 atom stereocenters. The molecular weight excluding hydrogens is 272 g/mol. The van der Waals surface area contributed by atoms with Crippen molar-refractivity contribution in [3.05, 3.63) is 71.8 Å². The van der Waals surface area contributed by atoms with E-state index in [4.69, 9.17) is 0 Å². The summed E-state index contributed by atoms with van der Waals surface area (Å²) in [5, 5.41) is 26.1. The Morgan fingerprint density at radius 1 is 0.545 bits per heavy atom. The van der Waals surface area contributed by atoms with E-state index >= 15 is 0 Å². The first kappa shape index (κ1) is 13.3. The molecule has 4 aromatic carbocycles. The molecule has 0 saturated carbocycles. The Hall–Kier alpha value is -2.42. The van der Waals surface area contributed by atoms with Crippen LogP contribution in [0.3, 0.4) is 0 Å². The molecule has 22 heavy (non-hydrogen) atoms. The number of hydrogen-bond acceptors (Lipinski definition) is 2. The average Bonchev–Trinajstić information content (AvgIpc) is 2.60. The quantitative estimate of drug-likeness (QED) is 0.544. The number of aliphatic hydroxyl groups is 2. The lowest BCUT2D eigenvalue weighted by molar-refractivity contribution is 0.280. The van der Waals surface area contributed by atoms with Gasteiger partial charge in [0.25, 0.3) is 0 Å². The third-order valence-electron chi connectivity index (χ3n) is 4.42. The predicted molar refractivity (Wildman–Crippen MR) is 90.8 cm³/mol. The number of hydrogen-bond donors (Lipinski definition) is 2. The van der Waals surface area contributed by atoms with Crippen molar-refractivity contribution >= 4 is 32.3 Å². The molecule has 0 unspecified atom stereocenters. The van der Waals surface area contributed by atoms with E-state index in [9.17, 15) is 10.2 Å². The van der Waals surface area contributed by atoms with Gasteiger partial charge >= 0.3 is 0 Å². The van der Waals surface area contributed by atoms with Crippen molar-refractivity contribution in [1.82, 2.24) is 0 Å². The summed E-state index contributed by atoms with van der Waals surface area (Å²) in [7, 11) is 0. The summed E-state index contributed by atoms with van der Waals surface area (Å²) in [6.07, 6.45) is 0. The van der Waals surface area contributed by atoms with E-state index in [1.807, 2.05) is 24.3 Å². The number of aliphatic hydroxyl groups excluding tert-OH is 2. The SMILES string of the molecule is OCc1ccc(CO)c2c1ccc1c3ccccc3ccc12. The van der Waals surface area contributed by atoms with Gasteiger partial charge in [-0.25, -0.2) is 0 Å². The van der Waals surface area contributed by atoms with E-state index in [1.165, 1.54) is 16.2 Å². The minimum absolute atomic E-state index is 0.00129. The second-order valence-electron chi connectivity index (χ2n) is 5.57. The van der Waals surface area contributed by atoms with Crippen molar-refractivity contribution in [2.45, 2.75) is 13.2 Å². The van der Waals surface area contributed by atoms with E-state index < -0.39 is 0 Å². The van der Waals surface area contributed by atoms with Crippen LogP contribution in [0.25, 0.3) is 32.3 Å². The van der Waals surface area contributed by atoms with Crippen LogP contribution in [0.4, 0.5) is 0 Å². The molecule has 2 N–H and O–H groups in total. The lowest BCUT2D eigenvalue weighted by Gasteiger charge is -2.13. The highest BCUT2D eigenvalue weighted by molar-refractivity contribution is 6.18. The van der Waals surface area contributed by atoms with E-state index in [0.717, 1.165) is 27.3 Å². The van der Waals surface area contributed by atoms with Crippen molar-refractivity contribution in [2.24, 2.45) is 0 Å². The summed E-state index contributed by atoms with van der Waals surface area (Å²) in [4.78, 5) is 0. The number of rotatable bonds is 2. The van der Waals surface area contributed by atoms with Crippen LogP contribution in [-0.4, -0.2) is 10.2 Å². The molecule has 0 radical (unpaired) electrons. The minimum Gasteiger partial charge on any atom is -0.392 e. The van der Waals surface area contributed by atoms with Crippen LogP contribution in [0.2, 0.25) is 0 Å². The van der Waals surface area contributed by atoms with Gasteiger partial charge < -0.3 is 10.2 Å². The summed E-state index contributed by atoms with van der Waals surface area (Å²) in [5.41, 5.74) is 1.79. The summed E-state index contributed by atoms with van der Waals surface area (Å²) in [6, 6.07) is 20.5. The van der Waals surface area contributed by atoms with Crippen LogP contribution >= 0.6 is 0 Å². The molecule has 0 aliphatic heterocycles. The van der Waals surface area contributed by atoms with Crippen molar-refractivity contribution in [3.8, 4) is 0 Å². The first-order valence-corrected chi connectivity index (χ1v) is 7.40. The molecule has 2 heteroatoms. The molecule has 2 nitrogen and oxygen atoms in total. The molecule has 0 spiro atoms. The monoisotopic (exact) mass is 288 g/mol. The average molecular weight is 288 g/mol. The molecule has 0 aliphatic carbocycles. The third kappa shape index (κ3) is 1.82. The molecular formula is C20H16O2. The standard InChI is InChI=1S/C20H16O2/c21-11-14-5-6-15(12-22)20-17(14)9-10-18-16-4-2-1-3-13(16)7-8-19(18)20/h1-10,21-22H,11-12H2. The molecule has 0 amide bonds. The topological polar surface area (TPSA) is 40.5 Å². The fourth-order valence-electron chi connectivity index (χ4n) is 3.35. The Morgan fingerprint density at radius 3 is 2.05 bits per heavy atom. The van der Waals surface area contributed by atoms with Crippen LogP contribution < -0.4 is 0 Å². The summed E-state index contributed by atoms with van der Waals surface area (Å²) >= 11 is 0. The second-order valence-corrected chi connectivity index (χ2v) is 5.57. The van der Waals surface area contributed by atoms with Gasteiger partial charge in [0.15, 0.2) is 0 Å². The number of benzene rings is 4. The van der Waals surface area contributed by atoms with Crippen molar-refractivity contribution in [1.29, 1.82) is 0 Å². The Bertz CT molecular complexity index is 1000. The Labute approximate surface area is 128 Å². The zero-order chi connectivity index (χ0) is 15.1. The molecule has 4 aromatic rings. The summed E-state index contributed by atoms with van der Waals surface area (Å²) < 4.78 is 0. The fraction of sp³-hybridized carbons (Fsp3) is 0.100. The van der Waals surface area contributed by atoms with E-state index in [-0.39, 0.29) is 13.2 Å². The van der Waals surface area contributed by atoms with Crippen LogP contribution in [0.5, 0.6) is 0 Å². The van der Waals surface area contributed by atoms with Gasteiger partial charge in [-0.2, -0.15) is 0 Å². The van der Waals surface area contributed by atoms with Gasteiger partial charge in [-0.3, -0.25) is 0 Å². The number of fused-ring (bicyclic) bond motifs is 5. The van der Waals surface area contributed by atoms with Gasteiger partial charge in [-0.1, -0.05) is 60.7 Å². The maximum atomic E-state index is 9.71. The normalized spacial score (nSPS) is 11.5. The van der Waals surface area contributed by atoms with Crippen molar-refractivity contribution in [2.75, 3.05) is 0 Å². The molecule has 0 saturated heterocycles. The summed E-state index contributed by atoms with van der Waals surface area (Å²) in [6.45, 7) is -0.00452. The molecule has 0 fully saturated rings. The highest BCUT2D eigenvalue weighted by Crippen LogP contribution is 2.34. The third-order valence-corrected chi connectivity index (χ3v) is 4.42. The first-order valence-electron chi connectivity index (χ1n) is 7.40. The Balaban J connectivity index is 2.25. The van der Waals surface area contributed by atoms with Crippen molar-refractivity contribution in [3.63, 3.8) is 0 Å².